The van der Waals surface area contributed by atoms with Gasteiger partial charge in [-0.25, -0.2) is 0 Å². The molecule has 1 aromatic rings. The number of fused-ring (bicyclic) bond motifs is 2. The monoisotopic (exact) mass is 229 g/mol. The van der Waals surface area contributed by atoms with Crippen LogP contribution < -0.4 is 0 Å². The summed E-state index contributed by atoms with van der Waals surface area (Å²) in [6.45, 7) is 5.79. The minimum Gasteiger partial charge on any atom is -0.291 e. The Balaban J connectivity index is 1.79. The van der Waals surface area contributed by atoms with Crippen molar-refractivity contribution in [2.75, 3.05) is 0 Å². The summed E-state index contributed by atoms with van der Waals surface area (Å²) in [5, 5.41) is 0. The molecular formula is C16H23N. The molecule has 0 saturated carbocycles. The highest BCUT2D eigenvalue weighted by molar-refractivity contribution is 5.22. The Hall–Kier alpha value is -0.820. The molecule has 2 bridgehead atoms. The van der Waals surface area contributed by atoms with Crippen LogP contribution in [0.5, 0.6) is 0 Å². The highest BCUT2D eigenvalue weighted by Crippen LogP contribution is 2.44. The van der Waals surface area contributed by atoms with Crippen molar-refractivity contribution in [1.29, 1.82) is 0 Å². The molecule has 0 N–H and O–H groups in total. The topological polar surface area (TPSA) is 3.24 Å². The van der Waals surface area contributed by atoms with Crippen LogP contribution in [0.25, 0.3) is 0 Å². The van der Waals surface area contributed by atoms with Crippen LogP contribution in [0.4, 0.5) is 0 Å². The molecule has 2 atom stereocenters. The van der Waals surface area contributed by atoms with Crippen LogP contribution in [-0.4, -0.2) is 16.5 Å². The molecule has 2 heterocycles. The average molecular weight is 229 g/mol. The van der Waals surface area contributed by atoms with Gasteiger partial charge in [0.05, 0.1) is 0 Å². The second-order valence-electron chi connectivity index (χ2n) is 6.20. The Morgan fingerprint density at radius 1 is 1.18 bits per heavy atom. The van der Waals surface area contributed by atoms with Crippen molar-refractivity contribution >= 4 is 0 Å². The Kier molecular flexibility index (Phi) is 2.74. The summed E-state index contributed by atoms with van der Waals surface area (Å²) in [7, 11) is 0. The first-order valence-corrected chi connectivity index (χ1v) is 7.00. The number of hydrogen-bond acceptors (Lipinski definition) is 1. The zero-order valence-electron chi connectivity index (χ0n) is 11.1. The van der Waals surface area contributed by atoms with Crippen LogP contribution in [0.1, 0.15) is 50.2 Å². The molecule has 0 aromatic heterocycles. The van der Waals surface area contributed by atoms with Gasteiger partial charge in [-0.05, 0) is 45.1 Å². The first-order chi connectivity index (χ1) is 8.17. The molecule has 2 fully saturated rings. The van der Waals surface area contributed by atoms with Gasteiger partial charge in [0.25, 0.3) is 0 Å². The van der Waals surface area contributed by atoms with Gasteiger partial charge in [-0.1, -0.05) is 36.2 Å². The standard InChI is InChI=1S/C16H23N/c1-13-5-7-14(8-6-13)12-17-15-4-3-10-16(17,2)11-9-15/h5-8,15H,3-4,9-12H2,1-2H3. The number of benzene rings is 1. The van der Waals surface area contributed by atoms with Crippen molar-refractivity contribution in [3.05, 3.63) is 35.4 Å². The number of aryl methyl sites for hydroxylation is 1. The van der Waals surface area contributed by atoms with Crippen LogP contribution >= 0.6 is 0 Å². The molecule has 2 saturated heterocycles. The fourth-order valence-electron chi connectivity index (χ4n) is 3.72. The maximum atomic E-state index is 2.78. The zero-order valence-corrected chi connectivity index (χ0v) is 11.1. The van der Waals surface area contributed by atoms with E-state index < -0.39 is 0 Å². The van der Waals surface area contributed by atoms with E-state index in [1.165, 1.54) is 43.2 Å². The summed E-state index contributed by atoms with van der Waals surface area (Å²) in [5.74, 6) is 0. The smallest absolute Gasteiger partial charge is 0.0242 e. The van der Waals surface area contributed by atoms with Crippen LogP contribution in [0.2, 0.25) is 0 Å². The van der Waals surface area contributed by atoms with Gasteiger partial charge < -0.3 is 0 Å². The summed E-state index contributed by atoms with van der Waals surface area (Å²) < 4.78 is 0. The van der Waals surface area contributed by atoms with Crippen LogP contribution in [0.15, 0.2) is 24.3 Å². The van der Waals surface area contributed by atoms with E-state index >= 15 is 0 Å². The van der Waals surface area contributed by atoms with Crippen LogP contribution in [0, 0.1) is 6.92 Å². The summed E-state index contributed by atoms with van der Waals surface area (Å²) in [6.07, 6.45) is 7.08. The molecule has 92 valence electrons. The lowest BCUT2D eigenvalue weighted by molar-refractivity contribution is 0.0593. The van der Waals surface area contributed by atoms with Crippen molar-refractivity contribution in [3.63, 3.8) is 0 Å². The van der Waals surface area contributed by atoms with E-state index in [0.29, 0.717) is 5.54 Å². The summed E-state index contributed by atoms with van der Waals surface area (Å²) >= 11 is 0. The second kappa shape index (κ2) is 4.13. The number of hydrogen-bond donors (Lipinski definition) is 0. The van der Waals surface area contributed by atoms with Gasteiger partial charge in [0.15, 0.2) is 0 Å². The molecule has 2 aliphatic rings. The third kappa shape index (κ3) is 2.01. The molecule has 1 aromatic carbocycles. The van der Waals surface area contributed by atoms with Crippen LogP contribution in [-0.2, 0) is 6.54 Å². The normalized spacial score (nSPS) is 32.9. The molecule has 0 radical (unpaired) electrons. The summed E-state index contributed by atoms with van der Waals surface area (Å²) in [5.41, 5.74) is 3.34. The van der Waals surface area contributed by atoms with E-state index in [4.69, 9.17) is 0 Å². The first-order valence-electron chi connectivity index (χ1n) is 7.00. The zero-order chi connectivity index (χ0) is 11.9. The van der Waals surface area contributed by atoms with Crippen molar-refractivity contribution in [3.8, 4) is 0 Å². The minimum absolute atomic E-state index is 0.494. The van der Waals surface area contributed by atoms with E-state index in [1.807, 2.05) is 0 Å². The number of nitrogens with zero attached hydrogens (tertiary/aromatic N) is 1. The number of piperidine rings is 1. The quantitative estimate of drug-likeness (QED) is 0.743. The maximum absolute atomic E-state index is 2.78. The van der Waals surface area contributed by atoms with Gasteiger partial charge in [-0.3, -0.25) is 4.90 Å². The summed E-state index contributed by atoms with van der Waals surface area (Å²) in [6, 6.07) is 9.93. The molecule has 17 heavy (non-hydrogen) atoms. The number of rotatable bonds is 2. The molecule has 2 unspecified atom stereocenters. The lowest BCUT2D eigenvalue weighted by Crippen LogP contribution is -2.47. The molecule has 0 aliphatic carbocycles. The van der Waals surface area contributed by atoms with Gasteiger partial charge in [0.2, 0.25) is 0 Å². The Labute approximate surface area is 105 Å². The lowest BCUT2D eigenvalue weighted by atomic mass is 9.90. The van der Waals surface area contributed by atoms with Gasteiger partial charge in [-0.15, -0.1) is 0 Å². The van der Waals surface area contributed by atoms with E-state index in [2.05, 4.69) is 43.0 Å². The van der Waals surface area contributed by atoms with E-state index in [9.17, 15) is 0 Å². The van der Waals surface area contributed by atoms with Gasteiger partial charge in [0.1, 0.15) is 0 Å². The molecular weight excluding hydrogens is 206 g/mol. The minimum atomic E-state index is 0.494. The Morgan fingerprint density at radius 3 is 2.65 bits per heavy atom. The van der Waals surface area contributed by atoms with Crippen molar-refractivity contribution in [2.24, 2.45) is 0 Å². The largest absolute Gasteiger partial charge is 0.291 e. The molecule has 1 heteroatoms. The SMILES string of the molecule is Cc1ccc(CN2C3CCCC2(C)CC3)cc1. The summed E-state index contributed by atoms with van der Waals surface area (Å²) in [4.78, 5) is 2.78. The van der Waals surface area contributed by atoms with Gasteiger partial charge in [-0.2, -0.15) is 0 Å². The first kappa shape index (κ1) is 11.3. The Morgan fingerprint density at radius 2 is 1.94 bits per heavy atom. The lowest BCUT2D eigenvalue weighted by Gasteiger charge is -2.42. The van der Waals surface area contributed by atoms with E-state index in [-0.39, 0.29) is 0 Å². The average Bonchev–Trinajstić information content (AvgIpc) is 2.49. The van der Waals surface area contributed by atoms with E-state index in [0.717, 1.165) is 12.6 Å². The Bertz CT molecular complexity index is 390. The molecule has 3 rings (SSSR count). The molecule has 0 amide bonds. The highest BCUT2D eigenvalue weighted by atomic mass is 15.3. The molecule has 2 aliphatic heterocycles. The second-order valence-corrected chi connectivity index (χ2v) is 6.20. The molecule has 0 spiro atoms. The maximum Gasteiger partial charge on any atom is 0.0242 e. The fourth-order valence-corrected chi connectivity index (χ4v) is 3.72. The van der Waals surface area contributed by atoms with Crippen molar-refractivity contribution in [2.45, 2.75) is 64.1 Å². The van der Waals surface area contributed by atoms with Crippen molar-refractivity contribution in [1.82, 2.24) is 4.90 Å². The third-order valence-corrected chi connectivity index (χ3v) is 4.88. The van der Waals surface area contributed by atoms with Gasteiger partial charge >= 0.3 is 0 Å². The molecule has 1 nitrogen and oxygen atoms in total. The predicted octanol–water partition coefficient (Wildman–Crippen LogP) is 3.90. The highest BCUT2D eigenvalue weighted by Gasteiger charge is 2.44. The fraction of sp³-hybridized carbons (Fsp3) is 0.625. The van der Waals surface area contributed by atoms with Gasteiger partial charge in [0, 0.05) is 18.1 Å². The van der Waals surface area contributed by atoms with Crippen molar-refractivity contribution < 1.29 is 0 Å². The van der Waals surface area contributed by atoms with E-state index in [1.54, 1.807) is 0 Å². The van der Waals surface area contributed by atoms with Crippen LogP contribution in [0.3, 0.4) is 0 Å². The third-order valence-electron chi connectivity index (χ3n) is 4.88. The predicted molar refractivity (Wildman–Crippen MR) is 72.0 cm³/mol.